The molecule has 2 aliphatic rings. The third-order valence-corrected chi connectivity index (χ3v) is 3.84. The Morgan fingerprint density at radius 2 is 2.22 bits per heavy atom. The molecule has 98 valence electrons. The van der Waals surface area contributed by atoms with Crippen LogP contribution in [0.5, 0.6) is 0 Å². The molecule has 0 aromatic carbocycles. The summed E-state index contributed by atoms with van der Waals surface area (Å²) in [5.74, 6) is 1.13. The van der Waals surface area contributed by atoms with Gasteiger partial charge in [-0.25, -0.2) is 0 Å². The highest BCUT2D eigenvalue weighted by molar-refractivity contribution is 5.90. The van der Waals surface area contributed by atoms with Crippen LogP contribution in [0.3, 0.4) is 0 Å². The molecule has 3 N–H and O–H groups in total. The number of hydrogen-bond donors (Lipinski definition) is 2. The molecule has 0 bridgehead atoms. The Labute approximate surface area is 105 Å². The van der Waals surface area contributed by atoms with Gasteiger partial charge in [0.2, 0.25) is 5.89 Å². The van der Waals surface area contributed by atoms with Crippen molar-refractivity contribution >= 4 is 5.91 Å². The molecular formula is C12H18N4O2. The first-order valence-corrected chi connectivity index (χ1v) is 6.62. The number of nitrogens with two attached hydrogens (primary N) is 1. The van der Waals surface area contributed by atoms with Crippen molar-refractivity contribution in [2.45, 2.75) is 44.1 Å². The van der Waals surface area contributed by atoms with Crippen molar-refractivity contribution in [2.75, 3.05) is 6.54 Å². The third-order valence-electron chi connectivity index (χ3n) is 3.84. The van der Waals surface area contributed by atoms with Gasteiger partial charge >= 0.3 is 0 Å². The summed E-state index contributed by atoms with van der Waals surface area (Å²) in [5, 5.41) is 6.62. The van der Waals surface area contributed by atoms with Gasteiger partial charge in [-0.1, -0.05) is 11.6 Å². The van der Waals surface area contributed by atoms with E-state index in [9.17, 15) is 4.79 Å². The van der Waals surface area contributed by atoms with Gasteiger partial charge in [-0.3, -0.25) is 4.79 Å². The van der Waals surface area contributed by atoms with E-state index in [0.717, 1.165) is 32.1 Å². The molecule has 2 atom stereocenters. The molecule has 2 aliphatic carbocycles. The number of nitrogens with one attached hydrogen (secondary N) is 1. The van der Waals surface area contributed by atoms with Crippen molar-refractivity contribution in [2.24, 2.45) is 11.7 Å². The van der Waals surface area contributed by atoms with Crippen LogP contribution < -0.4 is 11.1 Å². The largest absolute Gasteiger partial charge is 0.346 e. The van der Waals surface area contributed by atoms with Gasteiger partial charge < -0.3 is 15.6 Å². The Balaban J connectivity index is 1.70. The molecule has 1 amide bonds. The lowest BCUT2D eigenvalue weighted by molar-refractivity contribution is 0.0937. The average Bonchev–Trinajstić information content (AvgIpc) is 2.91. The minimum Gasteiger partial charge on any atom is -0.346 e. The molecule has 18 heavy (non-hydrogen) atoms. The first-order chi connectivity index (χ1) is 8.78. The normalized spacial score (nSPS) is 27.4. The SMILES string of the molecule is NCC1CCCC1c1nc(C(=O)NC2CC2)no1. The third kappa shape index (κ3) is 2.25. The fourth-order valence-electron chi connectivity index (χ4n) is 2.60. The molecule has 2 fully saturated rings. The van der Waals surface area contributed by atoms with E-state index in [1.165, 1.54) is 0 Å². The van der Waals surface area contributed by atoms with Crippen LogP contribution in [-0.2, 0) is 0 Å². The quantitative estimate of drug-likeness (QED) is 0.824. The molecule has 0 saturated heterocycles. The predicted octanol–water partition coefficient (Wildman–Crippen LogP) is 0.804. The number of hydrogen-bond acceptors (Lipinski definition) is 5. The lowest BCUT2D eigenvalue weighted by atomic mass is 9.96. The number of rotatable bonds is 4. The minimum absolute atomic E-state index is 0.152. The molecule has 0 aliphatic heterocycles. The average molecular weight is 250 g/mol. The van der Waals surface area contributed by atoms with E-state index in [4.69, 9.17) is 10.3 Å². The summed E-state index contributed by atoms with van der Waals surface area (Å²) in [5.41, 5.74) is 5.73. The standard InChI is InChI=1S/C12H18N4O2/c13-6-7-2-1-3-9(7)12-15-10(16-18-12)11(17)14-8-4-5-8/h7-9H,1-6,13H2,(H,14,17). The smallest absolute Gasteiger partial charge is 0.292 e. The fourth-order valence-corrected chi connectivity index (χ4v) is 2.60. The van der Waals surface area contributed by atoms with E-state index in [1.807, 2.05) is 0 Å². The second kappa shape index (κ2) is 4.68. The second-order valence-corrected chi connectivity index (χ2v) is 5.24. The van der Waals surface area contributed by atoms with Crippen LogP contribution in [-0.4, -0.2) is 28.6 Å². The van der Waals surface area contributed by atoms with Crippen LogP contribution in [0.25, 0.3) is 0 Å². The molecule has 1 heterocycles. The lowest BCUT2D eigenvalue weighted by Gasteiger charge is -2.12. The van der Waals surface area contributed by atoms with Gasteiger partial charge in [0.15, 0.2) is 0 Å². The maximum Gasteiger partial charge on any atom is 0.292 e. The summed E-state index contributed by atoms with van der Waals surface area (Å²) >= 11 is 0. The van der Waals surface area contributed by atoms with Crippen molar-refractivity contribution in [3.8, 4) is 0 Å². The van der Waals surface area contributed by atoms with E-state index in [1.54, 1.807) is 0 Å². The van der Waals surface area contributed by atoms with Crippen molar-refractivity contribution in [1.82, 2.24) is 15.5 Å². The van der Waals surface area contributed by atoms with Crippen molar-refractivity contribution in [3.05, 3.63) is 11.7 Å². The molecule has 2 unspecified atom stereocenters. The summed E-state index contributed by atoms with van der Waals surface area (Å²) in [6.45, 7) is 0.636. The highest BCUT2D eigenvalue weighted by atomic mass is 16.5. The van der Waals surface area contributed by atoms with Gasteiger partial charge in [-0.2, -0.15) is 4.98 Å². The number of aromatic nitrogens is 2. The molecule has 0 spiro atoms. The summed E-state index contributed by atoms with van der Waals surface area (Å²) in [7, 11) is 0. The highest BCUT2D eigenvalue weighted by Crippen LogP contribution is 2.38. The van der Waals surface area contributed by atoms with E-state index < -0.39 is 0 Å². The maximum atomic E-state index is 11.8. The fraction of sp³-hybridized carbons (Fsp3) is 0.750. The Bertz CT molecular complexity index is 441. The van der Waals surface area contributed by atoms with E-state index in [2.05, 4.69) is 15.5 Å². The van der Waals surface area contributed by atoms with Gasteiger partial charge in [0.1, 0.15) is 0 Å². The van der Waals surface area contributed by atoms with E-state index in [0.29, 0.717) is 24.4 Å². The number of carbonyl (C=O) groups excluding carboxylic acids is 1. The van der Waals surface area contributed by atoms with Gasteiger partial charge in [-0.15, -0.1) is 0 Å². The second-order valence-electron chi connectivity index (χ2n) is 5.24. The molecular weight excluding hydrogens is 232 g/mol. The van der Waals surface area contributed by atoms with Crippen molar-refractivity contribution in [1.29, 1.82) is 0 Å². The van der Waals surface area contributed by atoms with E-state index >= 15 is 0 Å². The number of amides is 1. The van der Waals surface area contributed by atoms with Gasteiger partial charge in [0.25, 0.3) is 11.7 Å². The summed E-state index contributed by atoms with van der Waals surface area (Å²) in [4.78, 5) is 16.0. The van der Waals surface area contributed by atoms with Gasteiger partial charge in [0.05, 0.1) is 0 Å². The lowest BCUT2D eigenvalue weighted by Crippen LogP contribution is -2.26. The van der Waals surface area contributed by atoms with Gasteiger partial charge in [0, 0.05) is 12.0 Å². The van der Waals surface area contributed by atoms with Crippen molar-refractivity contribution in [3.63, 3.8) is 0 Å². The van der Waals surface area contributed by atoms with Crippen LogP contribution in [0.1, 0.15) is 54.5 Å². The molecule has 0 radical (unpaired) electrons. The number of nitrogens with zero attached hydrogens (tertiary/aromatic N) is 2. The zero-order chi connectivity index (χ0) is 12.5. The van der Waals surface area contributed by atoms with Crippen LogP contribution >= 0.6 is 0 Å². The summed E-state index contributed by atoms with van der Waals surface area (Å²) in [6.07, 6.45) is 5.36. The minimum atomic E-state index is -0.227. The zero-order valence-electron chi connectivity index (χ0n) is 10.3. The molecule has 1 aromatic rings. The van der Waals surface area contributed by atoms with Crippen molar-refractivity contribution < 1.29 is 9.32 Å². The Morgan fingerprint density at radius 1 is 1.39 bits per heavy atom. The summed E-state index contributed by atoms with van der Waals surface area (Å²) in [6, 6.07) is 0.308. The topological polar surface area (TPSA) is 94.0 Å². The molecule has 6 nitrogen and oxygen atoms in total. The van der Waals surface area contributed by atoms with Gasteiger partial charge in [-0.05, 0) is 38.1 Å². The first kappa shape index (κ1) is 11.6. The molecule has 3 rings (SSSR count). The maximum absolute atomic E-state index is 11.8. The zero-order valence-corrected chi connectivity index (χ0v) is 10.3. The Hall–Kier alpha value is -1.43. The number of carbonyl (C=O) groups is 1. The molecule has 2 saturated carbocycles. The van der Waals surface area contributed by atoms with Crippen LogP contribution in [0.2, 0.25) is 0 Å². The monoisotopic (exact) mass is 250 g/mol. The van der Waals surface area contributed by atoms with Crippen LogP contribution in [0.15, 0.2) is 4.52 Å². The highest BCUT2D eigenvalue weighted by Gasteiger charge is 2.33. The van der Waals surface area contributed by atoms with E-state index in [-0.39, 0.29) is 17.6 Å². The first-order valence-electron chi connectivity index (χ1n) is 6.62. The van der Waals surface area contributed by atoms with Crippen LogP contribution in [0, 0.1) is 5.92 Å². The van der Waals surface area contributed by atoms with Crippen LogP contribution in [0.4, 0.5) is 0 Å². The Kier molecular flexibility index (Phi) is 3.03. The molecule has 6 heteroatoms. The summed E-state index contributed by atoms with van der Waals surface area (Å²) < 4.78 is 5.23. The Morgan fingerprint density at radius 3 is 2.94 bits per heavy atom. The molecule has 1 aromatic heterocycles. The predicted molar refractivity (Wildman–Crippen MR) is 63.9 cm³/mol.